The number of unbranched alkanes of at least 4 members (excludes halogenated alkanes) is 1. The molecule has 0 spiro atoms. The predicted octanol–water partition coefficient (Wildman–Crippen LogP) is 2.63. The highest BCUT2D eigenvalue weighted by molar-refractivity contribution is 7.80. The molecule has 176 valence electrons. The Morgan fingerprint density at radius 3 is 1.45 bits per heavy atom. The Morgan fingerprint density at radius 2 is 1.07 bits per heavy atom. The van der Waals surface area contributed by atoms with E-state index in [9.17, 15) is 8.42 Å². The Morgan fingerprint density at radius 1 is 0.690 bits per heavy atom. The first-order chi connectivity index (χ1) is 13.5. The van der Waals surface area contributed by atoms with Crippen LogP contribution < -0.4 is 0 Å². The summed E-state index contributed by atoms with van der Waals surface area (Å²) in [5, 5.41) is 0. The van der Waals surface area contributed by atoms with Gasteiger partial charge in [0, 0.05) is 6.61 Å². The van der Waals surface area contributed by atoms with Crippen molar-refractivity contribution in [1.82, 2.24) is 0 Å². The average molecular weight is 445 g/mol. The van der Waals surface area contributed by atoms with E-state index in [0.29, 0.717) is 26.4 Å². The summed E-state index contributed by atoms with van der Waals surface area (Å²) in [4.78, 5) is 0. The van der Waals surface area contributed by atoms with Crippen molar-refractivity contribution in [2.75, 3.05) is 39.6 Å². The quantitative estimate of drug-likeness (QED) is 0.237. The van der Waals surface area contributed by atoms with Crippen LogP contribution in [0.1, 0.15) is 54.4 Å². The van der Waals surface area contributed by atoms with E-state index < -0.39 is 16.5 Å². The second kappa shape index (κ2) is 16.4. The summed E-state index contributed by atoms with van der Waals surface area (Å²) >= 11 is 0. The minimum absolute atomic E-state index is 0.0178. The predicted molar refractivity (Wildman–Crippen MR) is 109 cm³/mol. The first-order valence-electron chi connectivity index (χ1n) is 10.2. The third-order valence-electron chi connectivity index (χ3n) is 3.74. The van der Waals surface area contributed by atoms with Gasteiger partial charge in [-0.3, -0.25) is 4.55 Å². The zero-order valence-corrected chi connectivity index (χ0v) is 19.5. The topological polar surface area (TPSA) is 110 Å². The van der Waals surface area contributed by atoms with Gasteiger partial charge in [0.25, 0.3) is 0 Å². The van der Waals surface area contributed by atoms with Crippen LogP contribution in [0.4, 0.5) is 0 Å². The van der Waals surface area contributed by atoms with Crippen LogP contribution in [0.3, 0.4) is 0 Å². The molecule has 9 nitrogen and oxygen atoms in total. The molecule has 1 N–H and O–H groups in total. The molecule has 0 amide bonds. The van der Waals surface area contributed by atoms with Crippen LogP contribution in [0.15, 0.2) is 0 Å². The highest BCUT2D eigenvalue weighted by Gasteiger charge is 2.15. The van der Waals surface area contributed by atoms with Gasteiger partial charge in [-0.2, -0.15) is 8.42 Å². The van der Waals surface area contributed by atoms with Gasteiger partial charge in [0.2, 0.25) is 0 Å². The van der Waals surface area contributed by atoms with Gasteiger partial charge in [-0.25, -0.2) is 4.18 Å². The third-order valence-corrected chi connectivity index (χ3v) is 4.31. The standard InChI is InChI=1S/C19H40O9S/c1-7-8-9-23-10-15(2)24-11-16(3)25-12-17(4)26-13-18(5)27-14-19(6)28-29(20,21)22/h15-19H,7-14H2,1-6H3,(H,20,21,22). The van der Waals surface area contributed by atoms with E-state index in [-0.39, 0.29) is 31.0 Å². The Bertz CT molecular complexity index is 486. The molecule has 5 unspecified atom stereocenters. The second-order valence-electron chi connectivity index (χ2n) is 7.34. The molecule has 0 heterocycles. The van der Waals surface area contributed by atoms with Crippen molar-refractivity contribution in [3.8, 4) is 0 Å². The Hall–Kier alpha value is -0.330. The average Bonchev–Trinajstić information content (AvgIpc) is 2.63. The van der Waals surface area contributed by atoms with Crippen LogP contribution >= 0.6 is 0 Å². The summed E-state index contributed by atoms with van der Waals surface area (Å²) in [6.07, 6.45) is 0.957. The van der Waals surface area contributed by atoms with Gasteiger partial charge in [0.1, 0.15) is 0 Å². The molecule has 0 aromatic heterocycles. The van der Waals surface area contributed by atoms with Crippen LogP contribution in [-0.4, -0.2) is 83.1 Å². The first kappa shape index (κ1) is 28.7. The van der Waals surface area contributed by atoms with Crippen molar-refractivity contribution in [2.45, 2.75) is 84.9 Å². The van der Waals surface area contributed by atoms with Crippen molar-refractivity contribution < 1.29 is 40.8 Å². The number of rotatable bonds is 19. The molecule has 29 heavy (non-hydrogen) atoms. The lowest BCUT2D eigenvalue weighted by Crippen LogP contribution is -2.29. The molecule has 0 saturated heterocycles. The normalized spacial score (nSPS) is 17.6. The van der Waals surface area contributed by atoms with Crippen LogP contribution in [-0.2, 0) is 38.3 Å². The molecule has 0 fully saturated rings. The molecular weight excluding hydrogens is 404 g/mol. The molecule has 0 aliphatic rings. The Labute approximate surface area is 176 Å². The summed E-state index contributed by atoms with van der Waals surface area (Å²) in [6.45, 7) is 13.8. The van der Waals surface area contributed by atoms with Crippen molar-refractivity contribution in [2.24, 2.45) is 0 Å². The van der Waals surface area contributed by atoms with Crippen LogP contribution in [0.25, 0.3) is 0 Å². The number of ether oxygens (including phenoxy) is 5. The maximum atomic E-state index is 10.6. The van der Waals surface area contributed by atoms with Gasteiger partial charge in [-0.05, 0) is 41.0 Å². The number of hydrogen-bond acceptors (Lipinski definition) is 8. The van der Waals surface area contributed by atoms with Gasteiger partial charge in [0.05, 0.1) is 63.6 Å². The molecule has 0 radical (unpaired) electrons. The van der Waals surface area contributed by atoms with E-state index in [2.05, 4.69) is 11.1 Å². The molecule has 0 aromatic rings. The summed E-state index contributed by atoms with van der Waals surface area (Å²) in [5.74, 6) is 0. The van der Waals surface area contributed by atoms with Crippen LogP contribution in [0, 0.1) is 0 Å². The van der Waals surface area contributed by atoms with Crippen LogP contribution in [0.2, 0.25) is 0 Å². The van der Waals surface area contributed by atoms with Crippen molar-refractivity contribution in [1.29, 1.82) is 0 Å². The highest BCUT2D eigenvalue weighted by atomic mass is 32.3. The largest absolute Gasteiger partial charge is 0.397 e. The minimum Gasteiger partial charge on any atom is -0.379 e. The molecule has 0 rings (SSSR count). The van der Waals surface area contributed by atoms with Gasteiger partial charge in [-0.15, -0.1) is 0 Å². The first-order valence-corrected chi connectivity index (χ1v) is 11.6. The van der Waals surface area contributed by atoms with Crippen molar-refractivity contribution in [3.63, 3.8) is 0 Å². The molecule has 0 bridgehead atoms. The fourth-order valence-corrected chi connectivity index (χ4v) is 2.59. The molecule has 0 aromatic carbocycles. The van der Waals surface area contributed by atoms with Gasteiger partial charge >= 0.3 is 10.4 Å². The third kappa shape index (κ3) is 19.4. The fraction of sp³-hybridized carbons (Fsp3) is 1.00. The summed E-state index contributed by atoms with van der Waals surface area (Å²) in [7, 11) is -4.48. The lowest BCUT2D eigenvalue weighted by Gasteiger charge is -2.21. The van der Waals surface area contributed by atoms with Crippen molar-refractivity contribution in [3.05, 3.63) is 0 Å². The summed E-state index contributed by atoms with van der Waals surface area (Å²) in [5.41, 5.74) is 0. The maximum Gasteiger partial charge on any atom is 0.397 e. The van der Waals surface area contributed by atoms with E-state index in [1.807, 2.05) is 20.8 Å². The Kier molecular flexibility index (Phi) is 16.2. The van der Waals surface area contributed by atoms with E-state index >= 15 is 0 Å². The summed E-state index contributed by atoms with van der Waals surface area (Å²) < 4.78 is 62.3. The lowest BCUT2D eigenvalue weighted by molar-refractivity contribution is -0.0953. The monoisotopic (exact) mass is 444 g/mol. The Balaban J connectivity index is 3.79. The van der Waals surface area contributed by atoms with E-state index in [1.165, 1.54) is 6.92 Å². The molecule has 10 heteroatoms. The molecule has 0 aliphatic carbocycles. The van der Waals surface area contributed by atoms with Gasteiger partial charge < -0.3 is 23.7 Å². The van der Waals surface area contributed by atoms with Gasteiger partial charge in [0.15, 0.2) is 0 Å². The minimum atomic E-state index is -4.48. The van der Waals surface area contributed by atoms with Crippen LogP contribution in [0.5, 0.6) is 0 Å². The maximum absolute atomic E-state index is 10.6. The molecular formula is C19H40O9S. The smallest absolute Gasteiger partial charge is 0.379 e. The molecule has 0 aliphatic heterocycles. The fourth-order valence-electron chi connectivity index (χ4n) is 2.12. The molecule has 0 saturated carbocycles. The van der Waals surface area contributed by atoms with E-state index in [1.54, 1.807) is 6.92 Å². The van der Waals surface area contributed by atoms with Gasteiger partial charge in [-0.1, -0.05) is 13.3 Å². The number of hydrogen-bond donors (Lipinski definition) is 1. The van der Waals surface area contributed by atoms with E-state index in [4.69, 9.17) is 28.2 Å². The zero-order chi connectivity index (χ0) is 22.3. The van der Waals surface area contributed by atoms with E-state index in [0.717, 1.165) is 19.4 Å². The highest BCUT2D eigenvalue weighted by Crippen LogP contribution is 2.04. The summed E-state index contributed by atoms with van der Waals surface area (Å²) in [6, 6.07) is 0. The lowest BCUT2D eigenvalue weighted by atomic mass is 10.3. The van der Waals surface area contributed by atoms with Crippen molar-refractivity contribution >= 4 is 10.4 Å². The zero-order valence-electron chi connectivity index (χ0n) is 18.7. The second-order valence-corrected chi connectivity index (χ2v) is 8.39. The SMILES string of the molecule is CCCCOCC(C)OCC(C)OCC(C)OCC(C)OCC(C)OS(=O)(=O)O. The molecule has 5 atom stereocenters.